The first kappa shape index (κ1) is 30.5. The molecule has 1 unspecified atom stereocenters. The number of rotatable bonds is 9. The van der Waals surface area contributed by atoms with Gasteiger partial charge >= 0.3 is 0 Å². The number of anilines is 1. The van der Waals surface area contributed by atoms with Crippen LogP contribution in [-0.2, 0) is 17.9 Å². The third kappa shape index (κ3) is 5.68. The van der Waals surface area contributed by atoms with Crippen LogP contribution in [0, 0.1) is 19.3 Å². The number of likely N-dealkylation sites (tertiary alicyclic amines) is 1. The first-order valence-electron chi connectivity index (χ1n) is 15.0. The summed E-state index contributed by atoms with van der Waals surface area (Å²) in [5.74, 6) is 1.17. The molecule has 44 heavy (non-hydrogen) atoms. The van der Waals surface area contributed by atoms with Gasteiger partial charge in [-0.3, -0.25) is 19.2 Å². The molecule has 3 aromatic heterocycles. The Kier molecular flexibility index (Phi) is 7.92. The summed E-state index contributed by atoms with van der Waals surface area (Å²) >= 11 is 3.42. The Morgan fingerprint density at radius 1 is 1.14 bits per heavy atom. The van der Waals surface area contributed by atoms with Crippen LogP contribution >= 0.6 is 15.9 Å². The summed E-state index contributed by atoms with van der Waals surface area (Å²) in [4.78, 5) is 44.4. The van der Waals surface area contributed by atoms with Gasteiger partial charge in [0.25, 0.3) is 0 Å². The highest BCUT2D eigenvalue weighted by atomic mass is 79.9. The number of fused-ring (bicyclic) bond motifs is 2. The fraction of sp³-hybridized carbons (Fsp3) is 0.455. The highest BCUT2D eigenvalue weighted by Crippen LogP contribution is 2.60. The number of carbonyl (C=O) groups is 2. The van der Waals surface area contributed by atoms with Crippen LogP contribution < -0.4 is 5.32 Å². The molecular formula is C33H39BrN8O2. The van der Waals surface area contributed by atoms with Gasteiger partial charge in [-0.25, -0.2) is 15.0 Å². The second-order valence-corrected chi connectivity index (χ2v) is 13.9. The molecule has 1 aliphatic heterocycles. The van der Waals surface area contributed by atoms with E-state index in [0.717, 1.165) is 46.0 Å². The van der Waals surface area contributed by atoms with Crippen molar-refractivity contribution in [2.24, 2.45) is 5.41 Å². The van der Waals surface area contributed by atoms with Gasteiger partial charge in [-0.1, -0.05) is 13.0 Å². The van der Waals surface area contributed by atoms with Gasteiger partial charge in [-0.15, -0.1) is 0 Å². The van der Waals surface area contributed by atoms with Crippen LogP contribution in [0.15, 0.2) is 41.3 Å². The standard InChI is InChI=1S/C33H39BrN8O2/c1-18-8-9-28(34)37-31(18)38-32(44)26-12-33(5)13-27(33)42(26)19(2)16-41-30-23(17-40(6)7)10-22(24-14-35-21(4)36-15-24)11-25(30)29(39-41)20(3)43/h8-11,14-15,19,26-27H,12-13,16-17H2,1-7H3,(H,37,38,44)/t19?,26-,27+,33-/m0/s1. The van der Waals surface area contributed by atoms with Gasteiger partial charge in [-0.2, -0.15) is 5.10 Å². The minimum Gasteiger partial charge on any atom is -0.309 e. The molecule has 11 heteroatoms. The molecule has 10 nitrogen and oxygen atoms in total. The number of amides is 1. The lowest BCUT2D eigenvalue weighted by Gasteiger charge is -2.32. The maximum atomic E-state index is 13.7. The lowest BCUT2D eigenvalue weighted by Crippen LogP contribution is -2.48. The van der Waals surface area contributed by atoms with Crippen LogP contribution in [-0.4, -0.2) is 78.4 Å². The van der Waals surface area contributed by atoms with Crippen molar-refractivity contribution in [2.75, 3.05) is 19.4 Å². The van der Waals surface area contributed by atoms with Gasteiger partial charge in [0.1, 0.15) is 21.9 Å². The second kappa shape index (κ2) is 11.4. The zero-order valence-corrected chi connectivity index (χ0v) is 27.9. The van der Waals surface area contributed by atoms with E-state index in [2.05, 4.69) is 65.9 Å². The predicted molar refractivity (Wildman–Crippen MR) is 174 cm³/mol. The van der Waals surface area contributed by atoms with E-state index in [1.54, 1.807) is 6.92 Å². The minimum atomic E-state index is -0.280. The van der Waals surface area contributed by atoms with Gasteiger partial charge in [0.05, 0.1) is 18.1 Å². The molecule has 1 saturated heterocycles. The number of Topliss-reactive ketones (excluding diaryl/α,β-unsaturated/α-hetero) is 1. The molecule has 6 rings (SSSR count). The van der Waals surface area contributed by atoms with E-state index in [9.17, 15) is 9.59 Å². The van der Waals surface area contributed by atoms with E-state index in [1.165, 1.54) is 0 Å². The fourth-order valence-electron chi connectivity index (χ4n) is 6.82. The number of aromatic nitrogens is 5. The first-order valence-corrected chi connectivity index (χ1v) is 15.8. The largest absolute Gasteiger partial charge is 0.309 e. The summed E-state index contributed by atoms with van der Waals surface area (Å²) in [6.07, 6.45) is 5.51. The Hall–Kier alpha value is -3.54. The molecule has 4 heterocycles. The average molecular weight is 660 g/mol. The smallest absolute Gasteiger partial charge is 0.242 e. The summed E-state index contributed by atoms with van der Waals surface area (Å²) in [5.41, 5.74) is 5.34. The van der Waals surface area contributed by atoms with E-state index in [1.807, 2.05) is 63.2 Å². The van der Waals surface area contributed by atoms with Gasteiger partial charge in [0, 0.05) is 48.9 Å². The second-order valence-electron chi connectivity index (χ2n) is 13.1. The van der Waals surface area contributed by atoms with Crippen LogP contribution in [0.1, 0.15) is 61.1 Å². The quantitative estimate of drug-likeness (QED) is 0.188. The van der Waals surface area contributed by atoms with Crippen LogP contribution in [0.2, 0.25) is 0 Å². The molecule has 4 atom stereocenters. The number of aryl methyl sites for hydroxylation is 2. The van der Waals surface area contributed by atoms with Gasteiger partial charge in [0.15, 0.2) is 5.78 Å². The molecule has 1 saturated carbocycles. The number of nitrogens with zero attached hydrogens (tertiary/aromatic N) is 7. The van der Waals surface area contributed by atoms with Crippen molar-refractivity contribution in [3.8, 4) is 11.1 Å². The number of nitrogens with one attached hydrogen (secondary N) is 1. The molecule has 1 aliphatic carbocycles. The highest BCUT2D eigenvalue weighted by molar-refractivity contribution is 9.10. The maximum Gasteiger partial charge on any atom is 0.242 e. The summed E-state index contributed by atoms with van der Waals surface area (Å²) in [6.45, 7) is 11.0. The molecule has 1 aromatic carbocycles. The molecule has 2 fully saturated rings. The van der Waals surface area contributed by atoms with Crippen LogP contribution in [0.25, 0.3) is 22.0 Å². The number of hydrogen-bond donors (Lipinski definition) is 1. The van der Waals surface area contributed by atoms with E-state index in [-0.39, 0.29) is 29.2 Å². The summed E-state index contributed by atoms with van der Waals surface area (Å²) < 4.78 is 2.67. The van der Waals surface area contributed by atoms with Gasteiger partial charge in [-0.05, 0) is 104 Å². The number of piperidine rings is 1. The number of carbonyl (C=O) groups excluding carboxylic acids is 2. The summed E-state index contributed by atoms with van der Waals surface area (Å²) in [6, 6.07) is 8.04. The molecule has 230 valence electrons. The maximum absolute atomic E-state index is 13.7. The zero-order chi connectivity index (χ0) is 31.5. The Morgan fingerprint density at radius 3 is 2.55 bits per heavy atom. The monoisotopic (exact) mass is 658 g/mol. The van der Waals surface area contributed by atoms with Gasteiger partial charge < -0.3 is 10.2 Å². The normalized spacial score (nSPS) is 21.9. The van der Waals surface area contributed by atoms with Crippen molar-refractivity contribution in [1.29, 1.82) is 0 Å². The van der Waals surface area contributed by atoms with Crippen molar-refractivity contribution in [2.45, 2.75) is 78.7 Å². The number of hydrogen-bond acceptors (Lipinski definition) is 8. The number of halogens is 1. The van der Waals surface area contributed by atoms with Crippen LogP contribution in [0.3, 0.4) is 0 Å². The van der Waals surface area contributed by atoms with Crippen molar-refractivity contribution < 1.29 is 9.59 Å². The molecule has 1 amide bonds. The van der Waals surface area contributed by atoms with Crippen molar-refractivity contribution in [3.05, 3.63) is 63.9 Å². The average Bonchev–Trinajstić information content (AvgIpc) is 3.31. The van der Waals surface area contributed by atoms with E-state index in [0.29, 0.717) is 41.1 Å². The van der Waals surface area contributed by atoms with Crippen molar-refractivity contribution >= 4 is 44.3 Å². The third-order valence-electron chi connectivity index (χ3n) is 9.09. The predicted octanol–water partition coefficient (Wildman–Crippen LogP) is 5.41. The summed E-state index contributed by atoms with van der Waals surface area (Å²) in [7, 11) is 4.07. The molecule has 4 aromatic rings. The third-order valence-corrected chi connectivity index (χ3v) is 9.54. The van der Waals surface area contributed by atoms with Crippen molar-refractivity contribution in [1.82, 2.24) is 34.5 Å². The molecule has 0 radical (unpaired) electrons. The minimum absolute atomic E-state index is 0.00284. The molecule has 0 spiro atoms. The molecule has 1 N–H and O–H groups in total. The first-order chi connectivity index (χ1) is 20.8. The molecule has 0 bridgehead atoms. The number of pyridine rings is 1. The van der Waals surface area contributed by atoms with E-state index < -0.39 is 0 Å². The zero-order valence-electron chi connectivity index (χ0n) is 26.3. The Labute approximate surface area is 266 Å². The van der Waals surface area contributed by atoms with E-state index in [4.69, 9.17) is 5.10 Å². The number of benzene rings is 1. The van der Waals surface area contributed by atoms with Crippen LogP contribution in [0.5, 0.6) is 0 Å². The van der Waals surface area contributed by atoms with Crippen molar-refractivity contribution in [3.63, 3.8) is 0 Å². The topological polar surface area (TPSA) is 109 Å². The summed E-state index contributed by atoms with van der Waals surface area (Å²) in [5, 5.41) is 8.83. The lowest BCUT2D eigenvalue weighted by atomic mass is 10.00. The lowest BCUT2D eigenvalue weighted by molar-refractivity contribution is -0.121. The van der Waals surface area contributed by atoms with Gasteiger partial charge in [0.2, 0.25) is 5.91 Å². The van der Waals surface area contributed by atoms with E-state index >= 15 is 0 Å². The van der Waals surface area contributed by atoms with Crippen LogP contribution in [0.4, 0.5) is 5.82 Å². The Morgan fingerprint density at radius 2 is 1.86 bits per heavy atom. The SMILES string of the molecule is CC(=O)c1nn(CC(C)N2[C@H](C(=O)Nc3nc(Br)ccc3C)C[C@@]3(C)C[C@@H]23)c2c(CN(C)C)cc(-c3cnc(C)nc3)cc12. The number of ketones is 1. The molecular weight excluding hydrogens is 620 g/mol. The Bertz CT molecular complexity index is 1770. The fourth-order valence-corrected chi connectivity index (χ4v) is 7.13. The Balaban J connectivity index is 1.36. The highest BCUT2D eigenvalue weighted by Gasteiger charge is 2.63. The molecule has 2 aliphatic rings.